The molecule has 0 atom stereocenters. The molecule has 0 bridgehead atoms. The van der Waals surface area contributed by atoms with Gasteiger partial charge in [-0.3, -0.25) is 0 Å². The Bertz CT molecular complexity index is 437. The predicted molar refractivity (Wildman–Crippen MR) is 90.0 cm³/mol. The first kappa shape index (κ1) is 16.0. The molecule has 2 nitrogen and oxygen atoms in total. The summed E-state index contributed by atoms with van der Waals surface area (Å²) in [4.78, 5) is 0. The van der Waals surface area contributed by atoms with Gasteiger partial charge in [-0.2, -0.15) is 0 Å². The molecular formula is C20H30O2. The molecule has 2 heteroatoms. The van der Waals surface area contributed by atoms with Gasteiger partial charge >= 0.3 is 0 Å². The molecular weight excluding hydrogens is 272 g/mol. The van der Waals surface area contributed by atoms with Crippen LogP contribution in [0.4, 0.5) is 0 Å². The lowest BCUT2D eigenvalue weighted by atomic mass is 9.79. The third-order valence-corrected chi connectivity index (χ3v) is 5.27. The Morgan fingerprint density at radius 1 is 0.864 bits per heavy atom. The van der Waals surface area contributed by atoms with Gasteiger partial charge in [0, 0.05) is 12.3 Å². The zero-order valence-electron chi connectivity index (χ0n) is 14.1. The van der Waals surface area contributed by atoms with Crippen LogP contribution in [-0.4, -0.2) is 19.5 Å². The largest absolute Gasteiger partial charge is 0.352 e. The van der Waals surface area contributed by atoms with E-state index in [4.69, 9.17) is 9.47 Å². The van der Waals surface area contributed by atoms with E-state index in [9.17, 15) is 0 Å². The third kappa shape index (κ3) is 4.33. The van der Waals surface area contributed by atoms with Crippen LogP contribution in [-0.2, 0) is 15.9 Å². The Morgan fingerprint density at radius 3 is 2.14 bits per heavy atom. The Morgan fingerprint density at radius 2 is 1.50 bits per heavy atom. The van der Waals surface area contributed by atoms with Gasteiger partial charge in [-0.15, -0.1) is 0 Å². The van der Waals surface area contributed by atoms with Crippen molar-refractivity contribution < 1.29 is 9.47 Å². The highest BCUT2D eigenvalue weighted by Gasteiger charge is 2.20. The predicted octanol–water partition coefficient (Wildman–Crippen LogP) is 4.92. The SMILES string of the molecule is CC1CCC(c2ccc(CCC3OCC(C)CO3)cc2)CC1. The van der Waals surface area contributed by atoms with E-state index in [1.807, 2.05) is 0 Å². The topological polar surface area (TPSA) is 18.5 Å². The van der Waals surface area contributed by atoms with Crippen molar-refractivity contribution in [1.29, 1.82) is 0 Å². The summed E-state index contributed by atoms with van der Waals surface area (Å²) >= 11 is 0. The molecule has 0 spiro atoms. The van der Waals surface area contributed by atoms with Gasteiger partial charge in [0.2, 0.25) is 0 Å². The number of rotatable bonds is 4. The van der Waals surface area contributed by atoms with E-state index < -0.39 is 0 Å². The van der Waals surface area contributed by atoms with Crippen LogP contribution in [0.15, 0.2) is 24.3 Å². The molecule has 3 rings (SSSR count). The maximum Gasteiger partial charge on any atom is 0.157 e. The Kier molecular flexibility index (Phi) is 5.54. The highest BCUT2D eigenvalue weighted by atomic mass is 16.7. The second-order valence-corrected chi connectivity index (χ2v) is 7.44. The average molecular weight is 302 g/mol. The molecule has 1 aliphatic carbocycles. The first-order valence-corrected chi connectivity index (χ1v) is 9.02. The van der Waals surface area contributed by atoms with Crippen LogP contribution >= 0.6 is 0 Å². The van der Waals surface area contributed by atoms with E-state index in [0.29, 0.717) is 5.92 Å². The second-order valence-electron chi connectivity index (χ2n) is 7.44. The molecule has 1 aromatic carbocycles. The third-order valence-electron chi connectivity index (χ3n) is 5.27. The molecule has 1 saturated heterocycles. The van der Waals surface area contributed by atoms with E-state index >= 15 is 0 Å². The van der Waals surface area contributed by atoms with Crippen molar-refractivity contribution in [2.75, 3.05) is 13.2 Å². The van der Waals surface area contributed by atoms with Crippen molar-refractivity contribution in [3.8, 4) is 0 Å². The van der Waals surface area contributed by atoms with Gasteiger partial charge in [0.1, 0.15) is 0 Å². The fourth-order valence-corrected chi connectivity index (χ4v) is 3.64. The first-order valence-electron chi connectivity index (χ1n) is 9.02. The summed E-state index contributed by atoms with van der Waals surface area (Å²) in [7, 11) is 0. The van der Waals surface area contributed by atoms with Gasteiger partial charge in [0.15, 0.2) is 6.29 Å². The van der Waals surface area contributed by atoms with Crippen LogP contribution in [0.3, 0.4) is 0 Å². The van der Waals surface area contributed by atoms with Crippen molar-refractivity contribution in [3.63, 3.8) is 0 Å². The number of ether oxygens (including phenoxy) is 2. The molecule has 1 aliphatic heterocycles. The zero-order valence-corrected chi connectivity index (χ0v) is 14.1. The van der Waals surface area contributed by atoms with Crippen LogP contribution in [0.1, 0.15) is 63.0 Å². The quantitative estimate of drug-likeness (QED) is 0.786. The molecule has 2 aliphatic rings. The molecule has 1 heterocycles. The van der Waals surface area contributed by atoms with E-state index in [-0.39, 0.29) is 6.29 Å². The van der Waals surface area contributed by atoms with Gasteiger partial charge in [0.05, 0.1) is 13.2 Å². The first-order chi connectivity index (χ1) is 10.7. The van der Waals surface area contributed by atoms with Gasteiger partial charge in [-0.05, 0) is 42.2 Å². The van der Waals surface area contributed by atoms with E-state index in [1.165, 1.54) is 36.8 Å². The minimum Gasteiger partial charge on any atom is -0.352 e. The Labute approximate surface area is 135 Å². The lowest BCUT2D eigenvalue weighted by Gasteiger charge is -2.27. The number of hydrogen-bond acceptors (Lipinski definition) is 2. The highest BCUT2D eigenvalue weighted by molar-refractivity contribution is 5.26. The fourth-order valence-electron chi connectivity index (χ4n) is 3.64. The van der Waals surface area contributed by atoms with Crippen molar-refractivity contribution >= 4 is 0 Å². The summed E-state index contributed by atoms with van der Waals surface area (Å²) in [5.41, 5.74) is 2.94. The molecule has 122 valence electrons. The maximum absolute atomic E-state index is 5.72. The smallest absolute Gasteiger partial charge is 0.157 e. The molecule has 1 aromatic rings. The summed E-state index contributed by atoms with van der Waals surface area (Å²) in [6.45, 7) is 6.23. The molecule has 0 aromatic heterocycles. The summed E-state index contributed by atoms with van der Waals surface area (Å²) in [6, 6.07) is 9.30. The fraction of sp³-hybridized carbons (Fsp3) is 0.700. The minimum atomic E-state index is -0.00397. The Hall–Kier alpha value is -0.860. The van der Waals surface area contributed by atoms with Crippen LogP contribution in [0, 0.1) is 11.8 Å². The summed E-state index contributed by atoms with van der Waals surface area (Å²) in [5.74, 6) is 2.25. The van der Waals surface area contributed by atoms with Crippen molar-refractivity contribution in [3.05, 3.63) is 35.4 Å². The monoisotopic (exact) mass is 302 g/mol. The van der Waals surface area contributed by atoms with E-state index in [1.54, 1.807) is 0 Å². The van der Waals surface area contributed by atoms with Gasteiger partial charge in [0.25, 0.3) is 0 Å². The second kappa shape index (κ2) is 7.61. The molecule has 2 fully saturated rings. The standard InChI is InChI=1S/C20H30O2/c1-15-3-8-18(9-4-15)19-10-5-17(6-11-19)7-12-20-21-13-16(2)14-22-20/h5-6,10-11,15-16,18,20H,3-4,7-9,12-14H2,1-2H3. The summed E-state index contributed by atoms with van der Waals surface area (Å²) < 4.78 is 11.4. The lowest BCUT2D eigenvalue weighted by molar-refractivity contribution is -0.199. The average Bonchev–Trinajstić information content (AvgIpc) is 2.56. The molecule has 0 N–H and O–H groups in total. The zero-order chi connectivity index (χ0) is 15.4. The number of hydrogen-bond donors (Lipinski definition) is 0. The van der Waals surface area contributed by atoms with Crippen molar-refractivity contribution in [2.45, 2.75) is 64.6 Å². The minimum absolute atomic E-state index is 0.00397. The summed E-state index contributed by atoms with van der Waals surface area (Å²) in [5, 5.41) is 0. The van der Waals surface area contributed by atoms with Crippen molar-refractivity contribution in [2.24, 2.45) is 11.8 Å². The number of aryl methyl sites for hydroxylation is 1. The van der Waals surface area contributed by atoms with E-state index in [2.05, 4.69) is 38.1 Å². The van der Waals surface area contributed by atoms with Gasteiger partial charge in [-0.25, -0.2) is 0 Å². The van der Waals surface area contributed by atoms with Crippen LogP contribution in [0.25, 0.3) is 0 Å². The van der Waals surface area contributed by atoms with Gasteiger partial charge in [-0.1, -0.05) is 51.0 Å². The normalized spacial score (nSPS) is 32.8. The molecule has 0 radical (unpaired) electrons. The summed E-state index contributed by atoms with van der Waals surface area (Å²) in [6.07, 6.45) is 7.51. The molecule has 1 saturated carbocycles. The molecule has 0 unspecified atom stereocenters. The van der Waals surface area contributed by atoms with Crippen molar-refractivity contribution in [1.82, 2.24) is 0 Å². The molecule has 0 amide bonds. The van der Waals surface area contributed by atoms with Crippen LogP contribution in [0.2, 0.25) is 0 Å². The highest BCUT2D eigenvalue weighted by Crippen LogP contribution is 2.35. The van der Waals surface area contributed by atoms with Crippen LogP contribution < -0.4 is 0 Å². The van der Waals surface area contributed by atoms with Gasteiger partial charge < -0.3 is 9.47 Å². The molecule has 22 heavy (non-hydrogen) atoms. The maximum atomic E-state index is 5.72. The van der Waals surface area contributed by atoms with Crippen LogP contribution in [0.5, 0.6) is 0 Å². The van der Waals surface area contributed by atoms with E-state index in [0.717, 1.165) is 37.9 Å². The number of benzene rings is 1. The lowest BCUT2D eigenvalue weighted by Crippen LogP contribution is -2.30. The Balaban J connectivity index is 1.47.